The van der Waals surface area contributed by atoms with Gasteiger partial charge in [-0.15, -0.1) is 0 Å². The molecule has 3 atom stereocenters. The van der Waals surface area contributed by atoms with E-state index in [0.717, 1.165) is 22.4 Å². The fourth-order valence-electron chi connectivity index (χ4n) is 4.74. The van der Waals surface area contributed by atoms with E-state index in [-0.39, 0.29) is 17.8 Å². The fourth-order valence-corrected chi connectivity index (χ4v) is 6.31. The quantitative estimate of drug-likeness (QED) is 0.644. The third kappa shape index (κ3) is 3.99. The first-order valence-electron chi connectivity index (χ1n) is 10.6. The van der Waals surface area contributed by atoms with Gasteiger partial charge in [0.25, 0.3) is 0 Å². The Bertz CT molecular complexity index is 1130. The average molecular weight is 435 g/mol. The maximum atomic E-state index is 12.9. The van der Waals surface area contributed by atoms with Crippen LogP contribution in [-0.4, -0.2) is 45.0 Å². The molecule has 0 amide bonds. The molecule has 5 nitrogen and oxygen atoms in total. The third-order valence-electron chi connectivity index (χ3n) is 6.40. The number of methoxy groups -OCH3 is 1. The smallest absolute Gasteiger partial charge is 0.218 e. The van der Waals surface area contributed by atoms with E-state index >= 15 is 0 Å². The highest BCUT2D eigenvalue weighted by atomic mass is 32.2. The van der Waals surface area contributed by atoms with Gasteiger partial charge in [0.05, 0.1) is 12.9 Å². The van der Waals surface area contributed by atoms with Crippen molar-refractivity contribution in [3.05, 3.63) is 90.0 Å². The van der Waals surface area contributed by atoms with Crippen LogP contribution in [0.5, 0.6) is 5.75 Å². The van der Waals surface area contributed by atoms with E-state index in [1.54, 1.807) is 11.4 Å². The Balaban J connectivity index is 1.26. The van der Waals surface area contributed by atoms with Crippen molar-refractivity contribution >= 4 is 10.0 Å². The molecule has 2 bridgehead atoms. The predicted molar refractivity (Wildman–Crippen MR) is 123 cm³/mol. The largest absolute Gasteiger partial charge is 0.497 e. The number of piperidine rings is 1. The number of rotatable bonds is 6. The van der Waals surface area contributed by atoms with E-state index < -0.39 is 10.0 Å². The number of ether oxygens (including phenoxy) is 1. The molecule has 0 spiro atoms. The van der Waals surface area contributed by atoms with Gasteiger partial charge >= 0.3 is 0 Å². The lowest BCUT2D eigenvalue weighted by atomic mass is 9.75. The first kappa shape index (κ1) is 20.2. The second kappa shape index (κ2) is 8.11. The number of hydrogen-bond acceptors (Lipinski definition) is 4. The molecule has 6 heteroatoms. The third-order valence-corrected chi connectivity index (χ3v) is 8.18. The maximum Gasteiger partial charge on any atom is 0.218 e. The van der Waals surface area contributed by atoms with Crippen LogP contribution in [0.2, 0.25) is 0 Å². The Morgan fingerprint density at radius 3 is 2.03 bits per heavy atom. The van der Waals surface area contributed by atoms with E-state index in [9.17, 15) is 8.42 Å². The summed E-state index contributed by atoms with van der Waals surface area (Å²) in [5, 5.41) is 3.53. The summed E-state index contributed by atoms with van der Waals surface area (Å²) >= 11 is 0. The van der Waals surface area contributed by atoms with E-state index in [0.29, 0.717) is 19.0 Å². The van der Waals surface area contributed by atoms with Gasteiger partial charge in [-0.3, -0.25) is 0 Å². The minimum absolute atomic E-state index is 0.0640. The molecule has 1 N–H and O–H groups in total. The fraction of sp³-hybridized carbons (Fsp3) is 0.280. The Kier molecular flexibility index (Phi) is 5.30. The number of sulfonamides is 1. The zero-order valence-electron chi connectivity index (χ0n) is 17.4. The van der Waals surface area contributed by atoms with Crippen LogP contribution in [-0.2, 0) is 15.8 Å². The van der Waals surface area contributed by atoms with Gasteiger partial charge in [-0.25, -0.2) is 8.42 Å². The minimum atomic E-state index is -3.31. The molecule has 3 aliphatic rings. The molecule has 31 heavy (non-hydrogen) atoms. The van der Waals surface area contributed by atoms with Crippen molar-refractivity contribution in [3.63, 3.8) is 0 Å². The second-order valence-electron chi connectivity index (χ2n) is 8.31. The molecule has 3 saturated heterocycles. The van der Waals surface area contributed by atoms with Gasteiger partial charge in [0.2, 0.25) is 10.0 Å². The molecule has 3 aliphatic heterocycles. The summed E-state index contributed by atoms with van der Waals surface area (Å²) in [7, 11) is -1.64. The number of fused-ring (bicyclic) bond motifs is 2. The van der Waals surface area contributed by atoms with Gasteiger partial charge in [0, 0.05) is 31.1 Å². The lowest BCUT2D eigenvalue weighted by Gasteiger charge is -2.54. The van der Waals surface area contributed by atoms with Gasteiger partial charge in [0.1, 0.15) is 5.75 Å². The van der Waals surface area contributed by atoms with Crippen molar-refractivity contribution in [1.82, 2.24) is 9.62 Å². The lowest BCUT2D eigenvalue weighted by Crippen LogP contribution is -2.72. The van der Waals surface area contributed by atoms with Crippen molar-refractivity contribution in [2.45, 2.75) is 23.8 Å². The number of benzene rings is 3. The van der Waals surface area contributed by atoms with Crippen molar-refractivity contribution in [2.24, 2.45) is 0 Å². The van der Waals surface area contributed by atoms with E-state index in [1.165, 1.54) is 5.56 Å². The van der Waals surface area contributed by atoms with Gasteiger partial charge in [-0.1, -0.05) is 66.7 Å². The molecule has 3 fully saturated rings. The summed E-state index contributed by atoms with van der Waals surface area (Å²) in [6.07, 6.45) is 0. The maximum absolute atomic E-state index is 12.9. The summed E-state index contributed by atoms with van der Waals surface area (Å²) in [6, 6.07) is 26.4. The number of piperazine rings is 1. The molecule has 0 radical (unpaired) electrons. The SMILES string of the molecule is COc1ccc(-c2ccc(C3[C@@H]4CN(S(=O)(=O)Cc5ccccc5)C[C@H]3N4)cc2)cc1. The van der Waals surface area contributed by atoms with Crippen LogP contribution in [0.3, 0.4) is 0 Å². The Morgan fingerprint density at radius 2 is 1.45 bits per heavy atom. The molecule has 1 unspecified atom stereocenters. The normalized spacial score (nSPS) is 23.2. The van der Waals surface area contributed by atoms with Crippen molar-refractivity contribution < 1.29 is 13.2 Å². The molecule has 0 aliphatic carbocycles. The molecule has 0 saturated carbocycles. The second-order valence-corrected chi connectivity index (χ2v) is 10.3. The zero-order chi connectivity index (χ0) is 21.4. The number of hydrogen-bond donors (Lipinski definition) is 1. The Morgan fingerprint density at radius 1 is 0.871 bits per heavy atom. The first-order valence-corrected chi connectivity index (χ1v) is 12.2. The predicted octanol–water partition coefficient (Wildman–Crippen LogP) is 3.63. The van der Waals surface area contributed by atoms with Gasteiger partial charge in [-0.05, 0) is 34.4 Å². The lowest BCUT2D eigenvalue weighted by molar-refractivity contribution is 0.101. The molecule has 3 heterocycles. The molecular weight excluding hydrogens is 408 g/mol. The van der Waals surface area contributed by atoms with Gasteiger partial charge < -0.3 is 10.1 Å². The van der Waals surface area contributed by atoms with E-state index in [4.69, 9.17) is 4.74 Å². The molecule has 3 aromatic carbocycles. The van der Waals surface area contributed by atoms with Crippen molar-refractivity contribution in [2.75, 3.05) is 20.2 Å². The highest BCUT2D eigenvalue weighted by molar-refractivity contribution is 7.88. The van der Waals surface area contributed by atoms with E-state index in [2.05, 4.69) is 41.7 Å². The van der Waals surface area contributed by atoms with Crippen LogP contribution in [0, 0.1) is 0 Å². The highest BCUT2D eigenvalue weighted by Gasteiger charge is 2.49. The minimum Gasteiger partial charge on any atom is -0.497 e. The number of nitrogens with zero attached hydrogens (tertiary/aromatic N) is 1. The molecule has 6 rings (SSSR count). The van der Waals surface area contributed by atoms with Gasteiger partial charge in [-0.2, -0.15) is 4.31 Å². The van der Waals surface area contributed by atoms with E-state index in [1.807, 2.05) is 42.5 Å². The standard InChI is InChI=1S/C25H26N2O3S/c1-30-22-13-11-20(12-14-22)19-7-9-21(10-8-19)25-23-15-27(16-24(25)26-23)31(28,29)17-18-5-3-2-4-6-18/h2-14,23-26H,15-17H2,1H3/t23-,24+,25?. The Hall–Kier alpha value is -2.67. The van der Waals surface area contributed by atoms with Crippen LogP contribution >= 0.6 is 0 Å². The molecule has 3 aromatic rings. The highest BCUT2D eigenvalue weighted by Crippen LogP contribution is 2.38. The summed E-state index contributed by atoms with van der Waals surface area (Å²) < 4.78 is 32.7. The van der Waals surface area contributed by atoms with Gasteiger partial charge in [0.15, 0.2) is 0 Å². The van der Waals surface area contributed by atoms with Crippen LogP contribution < -0.4 is 10.1 Å². The zero-order valence-corrected chi connectivity index (χ0v) is 18.3. The van der Waals surface area contributed by atoms with Crippen molar-refractivity contribution in [3.8, 4) is 16.9 Å². The van der Waals surface area contributed by atoms with Crippen molar-refractivity contribution in [1.29, 1.82) is 0 Å². The summed E-state index contributed by atoms with van der Waals surface area (Å²) in [5.41, 5.74) is 4.42. The average Bonchev–Trinajstić information content (AvgIpc) is 2.80. The number of nitrogens with one attached hydrogen (secondary N) is 1. The van der Waals surface area contributed by atoms with Crippen LogP contribution in [0.1, 0.15) is 17.0 Å². The summed E-state index contributed by atoms with van der Waals surface area (Å²) in [5.74, 6) is 1.27. The van der Waals surface area contributed by atoms with Crippen LogP contribution in [0.4, 0.5) is 0 Å². The van der Waals surface area contributed by atoms with Crippen LogP contribution in [0.25, 0.3) is 11.1 Å². The first-order chi connectivity index (χ1) is 15.0. The Labute approximate surface area is 183 Å². The summed E-state index contributed by atoms with van der Waals surface area (Å²) in [6.45, 7) is 1.05. The monoisotopic (exact) mass is 434 g/mol. The molecular formula is C25H26N2O3S. The summed E-state index contributed by atoms with van der Waals surface area (Å²) in [4.78, 5) is 0. The topological polar surface area (TPSA) is 58.6 Å². The molecule has 0 aromatic heterocycles. The molecule has 160 valence electrons. The van der Waals surface area contributed by atoms with Crippen LogP contribution in [0.15, 0.2) is 78.9 Å².